The van der Waals surface area contributed by atoms with Crippen molar-refractivity contribution >= 4 is 17.3 Å². The average Bonchev–Trinajstić information content (AvgIpc) is 2.89. The van der Waals surface area contributed by atoms with Crippen LogP contribution in [0.4, 0.5) is 0 Å². The Morgan fingerprint density at radius 2 is 2.35 bits per heavy atom. The van der Waals surface area contributed by atoms with Crippen LogP contribution < -0.4 is 0 Å². The molecule has 1 unspecified atom stereocenters. The predicted molar refractivity (Wildman–Crippen MR) is 79.1 cm³/mol. The molecule has 0 saturated carbocycles. The van der Waals surface area contributed by atoms with Gasteiger partial charge in [0.15, 0.2) is 0 Å². The summed E-state index contributed by atoms with van der Waals surface area (Å²) < 4.78 is 10.9. The third-order valence-corrected chi connectivity index (χ3v) is 4.53. The topological polar surface area (TPSA) is 48.4 Å². The van der Waals surface area contributed by atoms with Crippen molar-refractivity contribution < 1.29 is 14.3 Å². The Bertz CT molecular complexity index is 450. The molecule has 2 heterocycles. The van der Waals surface area contributed by atoms with Gasteiger partial charge in [-0.05, 0) is 40.0 Å². The molecule has 1 aliphatic heterocycles. The zero-order chi connectivity index (χ0) is 14.6. The molecule has 0 spiro atoms. The van der Waals surface area contributed by atoms with Crippen LogP contribution in [0.2, 0.25) is 0 Å². The van der Waals surface area contributed by atoms with Crippen LogP contribution >= 0.6 is 11.3 Å². The molecule has 4 nitrogen and oxygen atoms in total. The Morgan fingerprint density at radius 1 is 1.55 bits per heavy atom. The van der Waals surface area contributed by atoms with E-state index in [0.717, 1.165) is 36.6 Å². The van der Waals surface area contributed by atoms with E-state index in [1.807, 2.05) is 26.2 Å². The third-order valence-electron chi connectivity index (χ3n) is 3.65. The van der Waals surface area contributed by atoms with E-state index in [1.54, 1.807) is 11.3 Å². The Balaban J connectivity index is 2.02. The molecule has 1 aromatic heterocycles. The Morgan fingerprint density at radius 3 is 3.00 bits per heavy atom. The first-order valence-corrected chi connectivity index (χ1v) is 8.15. The van der Waals surface area contributed by atoms with Crippen LogP contribution in [0.3, 0.4) is 0 Å². The van der Waals surface area contributed by atoms with Crippen LogP contribution in [0.15, 0.2) is 5.38 Å². The molecule has 112 valence electrons. The number of nitrogens with zero attached hydrogens (tertiary/aromatic N) is 1. The van der Waals surface area contributed by atoms with E-state index in [0.29, 0.717) is 6.61 Å². The van der Waals surface area contributed by atoms with Gasteiger partial charge in [-0.25, -0.2) is 4.98 Å². The van der Waals surface area contributed by atoms with Crippen molar-refractivity contribution in [1.29, 1.82) is 0 Å². The molecule has 0 bridgehead atoms. The van der Waals surface area contributed by atoms with E-state index in [9.17, 15) is 4.79 Å². The fourth-order valence-electron chi connectivity index (χ4n) is 2.27. The van der Waals surface area contributed by atoms with E-state index in [-0.39, 0.29) is 12.1 Å². The second-order valence-electron chi connectivity index (χ2n) is 5.66. The minimum absolute atomic E-state index is 0.217. The number of hydrogen-bond acceptors (Lipinski definition) is 5. The number of ether oxygens (including phenoxy) is 2. The largest absolute Gasteiger partial charge is 0.465 e. The number of rotatable bonds is 5. The van der Waals surface area contributed by atoms with Crippen LogP contribution in [0.1, 0.15) is 50.7 Å². The van der Waals surface area contributed by atoms with E-state index in [1.165, 1.54) is 6.42 Å². The highest BCUT2D eigenvalue weighted by molar-refractivity contribution is 7.09. The van der Waals surface area contributed by atoms with E-state index in [2.05, 4.69) is 4.98 Å². The average molecular weight is 297 g/mol. The third kappa shape index (κ3) is 3.58. The van der Waals surface area contributed by atoms with E-state index in [4.69, 9.17) is 9.47 Å². The molecule has 1 aliphatic rings. The number of carbonyl (C=O) groups is 1. The van der Waals surface area contributed by atoms with Crippen LogP contribution in [-0.4, -0.2) is 30.3 Å². The summed E-state index contributed by atoms with van der Waals surface area (Å²) in [5.41, 5.74) is 0.116. The van der Waals surface area contributed by atoms with Crippen LogP contribution in [0, 0.1) is 0 Å². The van der Waals surface area contributed by atoms with Gasteiger partial charge in [-0.1, -0.05) is 0 Å². The maximum absolute atomic E-state index is 12.0. The second-order valence-corrected chi connectivity index (χ2v) is 6.61. The monoisotopic (exact) mass is 297 g/mol. The minimum atomic E-state index is -0.682. The molecule has 0 N–H and O–H groups in total. The Labute approximate surface area is 124 Å². The zero-order valence-electron chi connectivity index (χ0n) is 12.5. The maximum atomic E-state index is 12.0. The van der Waals surface area contributed by atoms with Gasteiger partial charge in [0.05, 0.1) is 23.4 Å². The summed E-state index contributed by atoms with van der Waals surface area (Å²) in [6.45, 7) is 6.80. The van der Waals surface area contributed by atoms with Crippen molar-refractivity contribution in [3.8, 4) is 0 Å². The second kappa shape index (κ2) is 6.68. The standard InChI is InChI=1S/C15H23NO3S/c1-4-18-14(17)15(2,3)12-10-20-13(16-12)9-11-7-5-6-8-19-11/h10-11H,4-9H2,1-3H3. The van der Waals surface area contributed by atoms with Crippen molar-refractivity contribution in [3.05, 3.63) is 16.1 Å². The van der Waals surface area contributed by atoms with Crippen molar-refractivity contribution in [1.82, 2.24) is 4.98 Å². The lowest BCUT2D eigenvalue weighted by Crippen LogP contribution is -2.31. The SMILES string of the molecule is CCOC(=O)C(C)(C)c1csc(CC2CCCCO2)n1. The Kier molecular flexibility index (Phi) is 5.16. The molecule has 0 aromatic carbocycles. The summed E-state index contributed by atoms with van der Waals surface area (Å²) in [7, 11) is 0. The molecule has 20 heavy (non-hydrogen) atoms. The molecule has 1 fully saturated rings. The van der Waals surface area contributed by atoms with Crippen molar-refractivity contribution in [2.45, 2.75) is 58.0 Å². The molecule has 0 radical (unpaired) electrons. The fourth-order valence-corrected chi connectivity index (χ4v) is 3.30. The van der Waals surface area contributed by atoms with Crippen molar-refractivity contribution in [2.24, 2.45) is 0 Å². The first-order valence-electron chi connectivity index (χ1n) is 7.27. The lowest BCUT2D eigenvalue weighted by Gasteiger charge is -2.22. The molecule has 1 saturated heterocycles. The quantitative estimate of drug-likeness (QED) is 0.784. The van der Waals surface area contributed by atoms with Crippen LogP contribution in [0.25, 0.3) is 0 Å². The fraction of sp³-hybridized carbons (Fsp3) is 0.733. The lowest BCUT2D eigenvalue weighted by atomic mass is 9.90. The highest BCUT2D eigenvalue weighted by Crippen LogP contribution is 2.28. The minimum Gasteiger partial charge on any atom is -0.465 e. The maximum Gasteiger partial charge on any atom is 0.317 e. The number of hydrogen-bond donors (Lipinski definition) is 0. The predicted octanol–water partition coefficient (Wildman–Crippen LogP) is 3.10. The zero-order valence-corrected chi connectivity index (χ0v) is 13.3. The number of aromatic nitrogens is 1. The highest BCUT2D eigenvalue weighted by Gasteiger charge is 2.34. The van der Waals surface area contributed by atoms with E-state index >= 15 is 0 Å². The van der Waals surface area contributed by atoms with Gasteiger partial charge in [-0.3, -0.25) is 4.79 Å². The van der Waals surface area contributed by atoms with E-state index < -0.39 is 5.41 Å². The Hall–Kier alpha value is -0.940. The smallest absolute Gasteiger partial charge is 0.317 e. The van der Waals surface area contributed by atoms with Gasteiger partial charge in [0.2, 0.25) is 0 Å². The molecule has 1 atom stereocenters. The van der Waals surface area contributed by atoms with Gasteiger partial charge in [-0.15, -0.1) is 11.3 Å². The van der Waals surface area contributed by atoms with Crippen molar-refractivity contribution in [3.63, 3.8) is 0 Å². The summed E-state index contributed by atoms with van der Waals surface area (Å²) in [5, 5.41) is 3.01. The normalized spacial score (nSPS) is 19.9. The molecule has 0 aliphatic carbocycles. The number of carbonyl (C=O) groups excluding carboxylic acids is 1. The van der Waals surface area contributed by atoms with Gasteiger partial charge in [0.25, 0.3) is 0 Å². The lowest BCUT2D eigenvalue weighted by molar-refractivity contribution is -0.148. The summed E-state index contributed by atoms with van der Waals surface area (Å²) >= 11 is 1.61. The highest BCUT2D eigenvalue weighted by atomic mass is 32.1. The van der Waals surface area contributed by atoms with Gasteiger partial charge < -0.3 is 9.47 Å². The van der Waals surface area contributed by atoms with Gasteiger partial charge in [0, 0.05) is 18.4 Å². The van der Waals surface area contributed by atoms with Gasteiger partial charge in [0.1, 0.15) is 5.41 Å². The number of esters is 1. The number of thiazole rings is 1. The molecule has 2 rings (SSSR count). The summed E-state index contributed by atoms with van der Waals surface area (Å²) in [6.07, 6.45) is 4.64. The first kappa shape index (κ1) is 15.4. The molecule has 5 heteroatoms. The first-order chi connectivity index (χ1) is 9.54. The van der Waals surface area contributed by atoms with Crippen LogP contribution in [0.5, 0.6) is 0 Å². The van der Waals surface area contributed by atoms with Crippen LogP contribution in [-0.2, 0) is 26.1 Å². The summed E-state index contributed by atoms with van der Waals surface area (Å²) in [4.78, 5) is 16.6. The van der Waals surface area contributed by atoms with Gasteiger partial charge in [-0.2, -0.15) is 0 Å². The molecular weight excluding hydrogens is 274 g/mol. The summed E-state index contributed by atoms with van der Waals surface area (Å²) in [5.74, 6) is -0.217. The van der Waals surface area contributed by atoms with Gasteiger partial charge >= 0.3 is 5.97 Å². The summed E-state index contributed by atoms with van der Waals surface area (Å²) in [6, 6.07) is 0. The van der Waals surface area contributed by atoms with Crippen molar-refractivity contribution in [2.75, 3.05) is 13.2 Å². The molecule has 0 amide bonds. The molecular formula is C15H23NO3S. The molecule has 1 aromatic rings.